The smallest absolute Gasteiger partial charge is 0.224 e. The first-order valence-electron chi connectivity index (χ1n) is 6.62. The number of para-hydroxylation sites is 1. The van der Waals surface area contributed by atoms with E-state index in [4.69, 9.17) is 0 Å². The average molecular weight is 265 g/mol. The number of amides is 1. The van der Waals surface area contributed by atoms with Crippen LogP contribution in [0.25, 0.3) is 0 Å². The molecule has 1 aromatic carbocycles. The van der Waals surface area contributed by atoms with Crippen molar-refractivity contribution in [2.75, 3.05) is 6.54 Å². The first-order valence-corrected chi connectivity index (χ1v) is 6.62. The van der Waals surface area contributed by atoms with E-state index in [1.165, 1.54) is 0 Å². The van der Waals surface area contributed by atoms with Gasteiger partial charge in [-0.05, 0) is 18.9 Å². The summed E-state index contributed by atoms with van der Waals surface area (Å²) in [6, 6.07) is 6.75. The zero-order chi connectivity index (χ0) is 14.5. The lowest BCUT2D eigenvalue weighted by Gasteiger charge is -2.29. The van der Waals surface area contributed by atoms with Crippen LogP contribution in [0.5, 0.6) is 5.75 Å². The Morgan fingerprint density at radius 1 is 1.42 bits per heavy atom. The highest BCUT2D eigenvalue weighted by Gasteiger charge is 2.27. The van der Waals surface area contributed by atoms with Crippen molar-refractivity contribution in [3.05, 3.63) is 29.8 Å². The second kappa shape index (κ2) is 6.57. The molecule has 1 amide bonds. The Hall–Kier alpha value is -1.55. The van der Waals surface area contributed by atoms with Gasteiger partial charge in [0.2, 0.25) is 5.91 Å². The molecule has 0 fully saturated rings. The number of benzene rings is 1. The monoisotopic (exact) mass is 265 g/mol. The summed E-state index contributed by atoms with van der Waals surface area (Å²) in [5, 5.41) is 22.5. The molecule has 106 valence electrons. The molecule has 19 heavy (non-hydrogen) atoms. The Bertz CT molecular complexity index is 429. The maximum absolute atomic E-state index is 11.8. The molecule has 0 heterocycles. The Morgan fingerprint density at radius 2 is 2.05 bits per heavy atom. The molecule has 0 aromatic heterocycles. The van der Waals surface area contributed by atoms with Gasteiger partial charge in [0.15, 0.2) is 0 Å². The molecule has 2 atom stereocenters. The molecular formula is C15H23NO3. The average Bonchev–Trinajstić information content (AvgIpc) is 2.38. The summed E-state index contributed by atoms with van der Waals surface area (Å²) in [6.45, 7) is 5.90. The predicted molar refractivity (Wildman–Crippen MR) is 74.9 cm³/mol. The van der Waals surface area contributed by atoms with Gasteiger partial charge in [-0.1, -0.05) is 38.5 Å². The summed E-state index contributed by atoms with van der Waals surface area (Å²) < 4.78 is 0. The highest BCUT2D eigenvalue weighted by atomic mass is 16.3. The van der Waals surface area contributed by atoms with E-state index in [2.05, 4.69) is 5.32 Å². The number of carbonyl (C=O) groups excluding carboxylic acids is 1. The third-order valence-corrected chi connectivity index (χ3v) is 3.66. The molecular weight excluding hydrogens is 242 g/mol. The lowest BCUT2D eigenvalue weighted by atomic mass is 9.88. The minimum atomic E-state index is -0.914. The fourth-order valence-corrected chi connectivity index (χ4v) is 1.79. The molecule has 0 saturated heterocycles. The van der Waals surface area contributed by atoms with Gasteiger partial charge in [0.1, 0.15) is 5.75 Å². The summed E-state index contributed by atoms with van der Waals surface area (Å²) >= 11 is 0. The topological polar surface area (TPSA) is 69.6 Å². The number of hydrogen-bond donors (Lipinski definition) is 3. The molecule has 0 spiro atoms. The number of phenolic OH excluding ortho intramolecular Hbond substituents is 1. The molecule has 3 N–H and O–H groups in total. The Balaban J connectivity index is 2.51. The molecule has 0 unspecified atom stereocenters. The molecule has 0 aliphatic carbocycles. The van der Waals surface area contributed by atoms with Crippen LogP contribution >= 0.6 is 0 Å². The number of hydrogen-bond acceptors (Lipinski definition) is 3. The number of aromatic hydroxyl groups is 1. The lowest BCUT2D eigenvalue weighted by molar-refractivity contribution is -0.122. The van der Waals surface area contributed by atoms with E-state index in [1.807, 2.05) is 13.8 Å². The molecule has 0 aliphatic heterocycles. The highest BCUT2D eigenvalue weighted by molar-refractivity contribution is 5.79. The maximum atomic E-state index is 11.8. The number of carbonyl (C=O) groups is 1. The Labute approximate surface area is 114 Å². The largest absolute Gasteiger partial charge is 0.508 e. The minimum Gasteiger partial charge on any atom is -0.508 e. The number of aliphatic hydroxyl groups is 1. The SMILES string of the molecule is CC[C@@H](C)[C@@](C)(O)CNC(=O)Cc1ccccc1O. The van der Waals surface area contributed by atoms with Crippen molar-refractivity contribution in [3.63, 3.8) is 0 Å². The Morgan fingerprint density at radius 3 is 2.63 bits per heavy atom. The van der Waals surface area contributed by atoms with Crippen molar-refractivity contribution in [2.45, 2.75) is 39.2 Å². The van der Waals surface area contributed by atoms with Gasteiger partial charge in [0.05, 0.1) is 12.0 Å². The third kappa shape index (κ3) is 4.56. The van der Waals surface area contributed by atoms with Crippen LogP contribution in [0.1, 0.15) is 32.8 Å². The van der Waals surface area contributed by atoms with Gasteiger partial charge in [0.25, 0.3) is 0 Å². The van der Waals surface area contributed by atoms with Crippen LogP contribution in [0.2, 0.25) is 0 Å². The zero-order valence-corrected chi connectivity index (χ0v) is 11.8. The van der Waals surface area contributed by atoms with Crippen LogP contribution in [0, 0.1) is 5.92 Å². The number of phenols is 1. The van der Waals surface area contributed by atoms with Crippen LogP contribution in [0.15, 0.2) is 24.3 Å². The zero-order valence-electron chi connectivity index (χ0n) is 11.8. The van der Waals surface area contributed by atoms with E-state index in [0.717, 1.165) is 6.42 Å². The van der Waals surface area contributed by atoms with Crippen LogP contribution < -0.4 is 5.32 Å². The van der Waals surface area contributed by atoms with Crippen LogP contribution in [-0.4, -0.2) is 28.3 Å². The maximum Gasteiger partial charge on any atom is 0.224 e. The van der Waals surface area contributed by atoms with Crippen molar-refractivity contribution in [2.24, 2.45) is 5.92 Å². The van der Waals surface area contributed by atoms with Crippen molar-refractivity contribution >= 4 is 5.91 Å². The van der Waals surface area contributed by atoms with Gasteiger partial charge < -0.3 is 15.5 Å². The van der Waals surface area contributed by atoms with Gasteiger partial charge in [-0.15, -0.1) is 0 Å². The molecule has 1 aromatic rings. The summed E-state index contributed by atoms with van der Waals surface area (Å²) in [5.74, 6) is 0.0225. The Kier molecular flexibility index (Phi) is 5.36. The number of rotatable bonds is 6. The van der Waals surface area contributed by atoms with Gasteiger partial charge >= 0.3 is 0 Å². The second-order valence-electron chi connectivity index (χ2n) is 5.25. The van der Waals surface area contributed by atoms with E-state index >= 15 is 0 Å². The fourth-order valence-electron chi connectivity index (χ4n) is 1.79. The fraction of sp³-hybridized carbons (Fsp3) is 0.533. The minimum absolute atomic E-state index is 0.109. The van der Waals surface area contributed by atoms with Gasteiger partial charge in [-0.2, -0.15) is 0 Å². The van der Waals surface area contributed by atoms with E-state index in [1.54, 1.807) is 31.2 Å². The molecule has 0 aliphatic rings. The van der Waals surface area contributed by atoms with E-state index in [0.29, 0.717) is 5.56 Å². The quantitative estimate of drug-likeness (QED) is 0.735. The molecule has 0 radical (unpaired) electrons. The van der Waals surface area contributed by atoms with Crippen LogP contribution in [0.3, 0.4) is 0 Å². The molecule has 1 rings (SSSR count). The van der Waals surface area contributed by atoms with Gasteiger partial charge in [0, 0.05) is 12.1 Å². The first-order chi connectivity index (χ1) is 8.86. The molecule has 4 nitrogen and oxygen atoms in total. The molecule has 0 saturated carbocycles. The second-order valence-corrected chi connectivity index (χ2v) is 5.25. The van der Waals surface area contributed by atoms with Gasteiger partial charge in [-0.3, -0.25) is 4.79 Å². The van der Waals surface area contributed by atoms with Crippen LogP contribution in [0.4, 0.5) is 0 Å². The highest BCUT2D eigenvalue weighted by Crippen LogP contribution is 2.19. The lowest BCUT2D eigenvalue weighted by Crippen LogP contribution is -2.45. The molecule has 4 heteroatoms. The summed E-state index contributed by atoms with van der Waals surface area (Å²) in [6.07, 6.45) is 0.964. The molecule has 0 bridgehead atoms. The van der Waals surface area contributed by atoms with E-state index < -0.39 is 5.60 Å². The standard InChI is InChI=1S/C15H23NO3/c1-4-11(2)15(3,19)10-16-14(18)9-12-7-5-6-8-13(12)17/h5-8,11,17,19H,4,9-10H2,1-3H3,(H,16,18)/t11-,15+/m1/s1. The van der Waals surface area contributed by atoms with Crippen molar-refractivity contribution in [1.82, 2.24) is 5.32 Å². The van der Waals surface area contributed by atoms with Gasteiger partial charge in [-0.25, -0.2) is 0 Å². The van der Waals surface area contributed by atoms with E-state index in [9.17, 15) is 15.0 Å². The third-order valence-electron chi connectivity index (χ3n) is 3.66. The van der Waals surface area contributed by atoms with Crippen molar-refractivity contribution in [3.8, 4) is 5.75 Å². The number of nitrogens with one attached hydrogen (secondary N) is 1. The first kappa shape index (κ1) is 15.5. The van der Waals surface area contributed by atoms with Crippen molar-refractivity contribution in [1.29, 1.82) is 0 Å². The summed E-state index contributed by atoms with van der Waals surface area (Å²) in [5.41, 5.74) is -0.327. The van der Waals surface area contributed by atoms with Crippen LogP contribution in [-0.2, 0) is 11.2 Å². The summed E-state index contributed by atoms with van der Waals surface area (Å²) in [7, 11) is 0. The normalized spacial score (nSPS) is 15.6. The van der Waals surface area contributed by atoms with Crippen molar-refractivity contribution < 1.29 is 15.0 Å². The summed E-state index contributed by atoms with van der Waals surface area (Å²) in [4.78, 5) is 11.8. The predicted octanol–water partition coefficient (Wildman–Crippen LogP) is 1.85. The van der Waals surface area contributed by atoms with E-state index in [-0.39, 0.29) is 30.5 Å².